The van der Waals surface area contributed by atoms with Crippen molar-refractivity contribution in [3.8, 4) is 0 Å². The van der Waals surface area contributed by atoms with Crippen molar-refractivity contribution < 1.29 is 14.3 Å². The monoisotopic (exact) mass is 561 g/mol. The quantitative estimate of drug-likeness (QED) is 0.198. The smallest absolute Gasteiger partial charge is 0.410 e. The topological polar surface area (TPSA) is 53.1 Å². The molecule has 2 amide bonds. The first-order valence-electron chi connectivity index (χ1n) is 14.8. The Hall–Kier alpha value is -4.42. The van der Waals surface area contributed by atoms with E-state index >= 15 is 0 Å². The largest absolute Gasteiger partial charge is 0.445 e. The lowest BCUT2D eigenvalue weighted by Crippen LogP contribution is -2.49. The molecule has 1 heterocycles. The molecule has 42 heavy (non-hydrogen) atoms. The van der Waals surface area contributed by atoms with Gasteiger partial charge in [0.1, 0.15) is 12.6 Å². The highest BCUT2D eigenvalue weighted by molar-refractivity contribution is 5.86. The van der Waals surface area contributed by atoms with E-state index in [1.165, 1.54) is 11.1 Å². The van der Waals surface area contributed by atoms with Gasteiger partial charge in [0.15, 0.2) is 0 Å². The summed E-state index contributed by atoms with van der Waals surface area (Å²) in [6.45, 7) is 4.03. The van der Waals surface area contributed by atoms with E-state index in [9.17, 15) is 9.59 Å². The van der Waals surface area contributed by atoms with Crippen LogP contribution in [0.15, 0.2) is 121 Å². The van der Waals surface area contributed by atoms with Gasteiger partial charge in [-0.1, -0.05) is 121 Å². The minimum atomic E-state index is -0.520. The lowest BCUT2D eigenvalue weighted by molar-refractivity contribution is -0.136. The molecule has 0 unspecified atom stereocenters. The Balaban J connectivity index is 1.30. The number of nitrogens with zero attached hydrogens (tertiary/aromatic N) is 3. The van der Waals surface area contributed by atoms with Gasteiger partial charge < -0.3 is 9.64 Å². The van der Waals surface area contributed by atoms with Crippen LogP contribution < -0.4 is 0 Å². The molecular weight excluding hydrogens is 522 g/mol. The maximum absolute atomic E-state index is 14.1. The molecule has 0 saturated carbocycles. The van der Waals surface area contributed by atoms with E-state index < -0.39 is 12.1 Å². The molecule has 216 valence electrons. The third-order valence-corrected chi connectivity index (χ3v) is 7.69. The molecule has 4 aromatic carbocycles. The van der Waals surface area contributed by atoms with E-state index in [1.807, 2.05) is 77.7 Å². The second-order valence-electron chi connectivity index (χ2n) is 10.8. The van der Waals surface area contributed by atoms with Crippen molar-refractivity contribution in [2.45, 2.75) is 45.1 Å². The molecule has 1 aliphatic heterocycles. The Morgan fingerprint density at radius 3 is 1.64 bits per heavy atom. The molecule has 6 nitrogen and oxygen atoms in total. The highest BCUT2D eigenvalue weighted by Gasteiger charge is 2.37. The molecule has 4 aromatic rings. The van der Waals surface area contributed by atoms with Gasteiger partial charge in [0.05, 0.1) is 0 Å². The first-order valence-corrected chi connectivity index (χ1v) is 14.8. The average molecular weight is 562 g/mol. The van der Waals surface area contributed by atoms with Crippen molar-refractivity contribution in [1.29, 1.82) is 0 Å². The fourth-order valence-electron chi connectivity index (χ4n) is 5.49. The van der Waals surface area contributed by atoms with Crippen molar-refractivity contribution in [2.24, 2.45) is 0 Å². The zero-order chi connectivity index (χ0) is 29.0. The van der Waals surface area contributed by atoms with Gasteiger partial charge in [-0.3, -0.25) is 14.6 Å². The van der Waals surface area contributed by atoms with E-state index in [4.69, 9.17) is 4.74 Å². The van der Waals surface area contributed by atoms with Crippen LogP contribution in [0, 0.1) is 0 Å². The molecule has 5 rings (SSSR count). The lowest BCUT2D eigenvalue weighted by Gasteiger charge is -2.32. The maximum Gasteiger partial charge on any atom is 0.410 e. The summed E-state index contributed by atoms with van der Waals surface area (Å²) >= 11 is 0. The summed E-state index contributed by atoms with van der Waals surface area (Å²) in [6, 6.07) is 40.1. The van der Waals surface area contributed by atoms with Gasteiger partial charge >= 0.3 is 6.09 Å². The SMILES string of the molecule is O=C([C@@H]1CCCN1C(=O)OCc1ccccc1)N(CCN(Cc1ccccc1)Cc1ccccc1)Cc1ccccc1. The van der Waals surface area contributed by atoms with Gasteiger partial charge in [-0.05, 0) is 35.1 Å². The van der Waals surface area contributed by atoms with E-state index in [0.717, 1.165) is 30.6 Å². The summed E-state index contributed by atoms with van der Waals surface area (Å²) in [6.07, 6.45) is 0.996. The maximum atomic E-state index is 14.1. The Kier molecular flexibility index (Phi) is 10.4. The van der Waals surface area contributed by atoms with Crippen LogP contribution in [0.5, 0.6) is 0 Å². The molecule has 6 heteroatoms. The predicted octanol–water partition coefficient (Wildman–Crippen LogP) is 6.52. The van der Waals surface area contributed by atoms with Crippen LogP contribution in [0.2, 0.25) is 0 Å². The molecule has 0 aliphatic carbocycles. The highest BCUT2D eigenvalue weighted by atomic mass is 16.6. The van der Waals surface area contributed by atoms with Crippen molar-refractivity contribution in [2.75, 3.05) is 19.6 Å². The van der Waals surface area contributed by atoms with Crippen LogP contribution in [-0.4, -0.2) is 52.4 Å². The number of benzene rings is 4. The molecule has 0 radical (unpaired) electrons. The standard InChI is InChI=1S/C36H39N3O3/c40-35(34-22-13-23-39(34)36(41)42-29-33-20-11-4-12-21-33)38(28-32-18-9-3-10-19-32)25-24-37(26-30-14-5-1-6-15-30)27-31-16-7-2-8-17-31/h1-12,14-21,34H,13,22-29H2/t34-/m0/s1. The Morgan fingerprint density at radius 1 is 0.643 bits per heavy atom. The number of carbonyl (C=O) groups excluding carboxylic acids is 2. The van der Waals surface area contributed by atoms with Gasteiger partial charge in [0, 0.05) is 39.3 Å². The average Bonchev–Trinajstić information content (AvgIpc) is 3.54. The normalized spacial score (nSPS) is 14.6. The molecule has 1 atom stereocenters. The number of carbonyl (C=O) groups is 2. The second-order valence-corrected chi connectivity index (χ2v) is 10.8. The molecule has 0 spiro atoms. The van der Waals surface area contributed by atoms with Crippen LogP contribution >= 0.6 is 0 Å². The van der Waals surface area contributed by atoms with Crippen LogP contribution in [0.4, 0.5) is 4.79 Å². The van der Waals surface area contributed by atoms with Gasteiger partial charge in [-0.2, -0.15) is 0 Å². The molecular formula is C36H39N3O3. The van der Waals surface area contributed by atoms with Gasteiger partial charge in [-0.15, -0.1) is 0 Å². The van der Waals surface area contributed by atoms with Crippen molar-refractivity contribution in [3.05, 3.63) is 144 Å². The van der Waals surface area contributed by atoms with Crippen molar-refractivity contribution in [3.63, 3.8) is 0 Å². The number of amides is 2. The van der Waals surface area contributed by atoms with Crippen molar-refractivity contribution >= 4 is 12.0 Å². The number of hydrogen-bond donors (Lipinski definition) is 0. The zero-order valence-electron chi connectivity index (χ0n) is 24.1. The van der Waals surface area contributed by atoms with Gasteiger partial charge in [0.2, 0.25) is 5.91 Å². The fraction of sp³-hybridized carbons (Fsp3) is 0.278. The summed E-state index contributed by atoms with van der Waals surface area (Å²) in [7, 11) is 0. The fourth-order valence-corrected chi connectivity index (χ4v) is 5.49. The predicted molar refractivity (Wildman–Crippen MR) is 165 cm³/mol. The minimum absolute atomic E-state index is 0.0209. The Labute approximate surface area is 249 Å². The molecule has 1 fully saturated rings. The molecule has 1 saturated heterocycles. The Morgan fingerprint density at radius 2 is 1.12 bits per heavy atom. The van der Waals surface area contributed by atoms with E-state index in [1.54, 1.807) is 4.90 Å². The third kappa shape index (κ3) is 8.30. The highest BCUT2D eigenvalue weighted by Crippen LogP contribution is 2.22. The number of likely N-dealkylation sites (tertiary alicyclic amines) is 1. The summed E-state index contributed by atoms with van der Waals surface area (Å²) in [5.74, 6) is -0.0209. The second kappa shape index (κ2) is 15.0. The zero-order valence-corrected chi connectivity index (χ0v) is 24.1. The molecule has 0 N–H and O–H groups in total. The number of ether oxygens (including phenoxy) is 1. The summed E-state index contributed by atoms with van der Waals surface area (Å²) in [4.78, 5) is 33.2. The molecule has 0 aromatic heterocycles. The summed E-state index contributed by atoms with van der Waals surface area (Å²) in [5.41, 5.74) is 4.46. The summed E-state index contributed by atoms with van der Waals surface area (Å²) < 4.78 is 5.63. The minimum Gasteiger partial charge on any atom is -0.445 e. The lowest BCUT2D eigenvalue weighted by atomic mass is 10.1. The van der Waals surface area contributed by atoms with Crippen LogP contribution in [0.1, 0.15) is 35.1 Å². The molecule has 1 aliphatic rings. The van der Waals surface area contributed by atoms with Crippen LogP contribution in [-0.2, 0) is 35.8 Å². The van der Waals surface area contributed by atoms with E-state index in [2.05, 4.69) is 53.4 Å². The van der Waals surface area contributed by atoms with Crippen molar-refractivity contribution in [1.82, 2.24) is 14.7 Å². The third-order valence-electron chi connectivity index (χ3n) is 7.69. The van der Waals surface area contributed by atoms with Gasteiger partial charge in [-0.25, -0.2) is 4.79 Å². The van der Waals surface area contributed by atoms with Gasteiger partial charge in [0.25, 0.3) is 0 Å². The van der Waals surface area contributed by atoms with Crippen LogP contribution in [0.3, 0.4) is 0 Å². The number of hydrogen-bond acceptors (Lipinski definition) is 4. The first-order chi connectivity index (χ1) is 20.7. The van der Waals surface area contributed by atoms with Crippen LogP contribution in [0.25, 0.3) is 0 Å². The number of rotatable bonds is 12. The Bertz CT molecular complexity index is 1340. The summed E-state index contributed by atoms with van der Waals surface area (Å²) in [5, 5.41) is 0. The molecule has 0 bridgehead atoms. The first kappa shape index (κ1) is 29.1. The van der Waals surface area contributed by atoms with E-state index in [0.29, 0.717) is 32.6 Å². The van der Waals surface area contributed by atoms with E-state index in [-0.39, 0.29) is 12.5 Å².